The fraction of sp³-hybridized carbons (Fsp3) is 0. The summed E-state index contributed by atoms with van der Waals surface area (Å²) in [5.41, 5.74) is 0. The van der Waals surface area contributed by atoms with E-state index in [-0.39, 0.29) is 18.9 Å². The molecule has 0 unspecified atom stereocenters. The van der Waals surface area contributed by atoms with Crippen LogP contribution in [-0.4, -0.2) is 37.3 Å². The molecule has 0 atom stereocenters. The second-order valence-corrected chi connectivity index (χ2v) is 1.73. The maximum atomic E-state index is 9.78. The van der Waals surface area contributed by atoms with Gasteiger partial charge in [0.2, 0.25) is 0 Å². The van der Waals surface area contributed by atoms with Gasteiger partial charge in [0.05, 0.1) is 0 Å². The molecule has 0 rings (SSSR count). The number of carboxylic acid groups (broad SMARTS) is 2. The number of hydrogen-bond acceptors (Lipinski definition) is 9. The van der Waals surface area contributed by atoms with Gasteiger partial charge in [-0.25, -0.2) is 4.79 Å². The summed E-state index contributed by atoms with van der Waals surface area (Å²) < 4.78 is 23.3. The molecular formula is C3LiO9U. The van der Waals surface area contributed by atoms with E-state index >= 15 is 0 Å². The summed E-state index contributed by atoms with van der Waals surface area (Å²) in [6.07, 6.45) is -6.32. The quantitative estimate of drug-likeness (QED) is 0.228. The zero-order valence-electron chi connectivity index (χ0n) is 6.67. The molecule has 9 nitrogen and oxygen atoms in total. The van der Waals surface area contributed by atoms with E-state index in [2.05, 4.69) is 9.47 Å². The third-order valence-corrected chi connectivity index (χ3v) is 0.333. The van der Waals surface area contributed by atoms with Crippen molar-refractivity contribution >= 4 is 37.3 Å². The first-order chi connectivity index (χ1) is 5.93. The summed E-state index contributed by atoms with van der Waals surface area (Å²) in [4.78, 5) is 28.5. The normalized spacial score (nSPS) is 6.29. The van der Waals surface area contributed by atoms with E-state index in [1.54, 1.807) is 0 Å². The molecule has 0 saturated heterocycles. The van der Waals surface area contributed by atoms with Crippen molar-refractivity contribution in [3.8, 4) is 0 Å². The Balaban J connectivity index is -0.000000267. The maximum absolute atomic E-state index is 9.78. The predicted molar refractivity (Wildman–Crippen MR) is 25.5 cm³/mol. The minimum absolute atomic E-state index is 0. The number of carbonyl (C=O) groups is 3. The fourth-order valence-corrected chi connectivity index (χ4v) is 0.157. The van der Waals surface area contributed by atoms with Crippen LogP contribution in [0.4, 0.5) is 14.4 Å². The Kier molecular flexibility index (Phi) is 17.0. The van der Waals surface area contributed by atoms with Crippen molar-refractivity contribution in [1.29, 1.82) is 0 Å². The molecule has 0 spiro atoms. The first-order valence-electron chi connectivity index (χ1n) is 2.25. The van der Waals surface area contributed by atoms with Crippen molar-refractivity contribution in [3.63, 3.8) is 0 Å². The first-order valence-corrected chi connectivity index (χ1v) is 5.65. The third-order valence-electron chi connectivity index (χ3n) is 0.333. The van der Waals surface area contributed by atoms with E-state index in [0.717, 1.165) is 0 Å². The minimum atomic E-state index is -2.51. The average molecular weight is 425 g/mol. The summed E-state index contributed by atoms with van der Waals surface area (Å²) in [6.45, 7) is 0. The van der Waals surface area contributed by atoms with Crippen LogP contribution in [0.25, 0.3) is 0 Å². The molecule has 0 N–H and O–H groups in total. The molecule has 0 aliphatic rings. The van der Waals surface area contributed by atoms with Crippen molar-refractivity contribution in [3.05, 3.63) is 0 Å². The third kappa shape index (κ3) is 22.5. The Bertz CT molecular complexity index is 224. The SMILES string of the molecule is O=C([O-])OC(=O)OC(=O)[O-].[Li].[O]=[U+2]=[O]. The van der Waals surface area contributed by atoms with Gasteiger partial charge in [0.15, 0.2) is 0 Å². The molecule has 0 fully saturated rings. The van der Waals surface area contributed by atoms with E-state index in [0.29, 0.717) is 0 Å². The molecule has 0 aromatic rings. The number of ether oxygens (including phenoxy) is 2. The average Bonchev–Trinajstić information content (AvgIpc) is 1.83. The van der Waals surface area contributed by atoms with Gasteiger partial charge in [0.25, 0.3) is 12.3 Å². The predicted octanol–water partition coefficient (Wildman–Crippen LogP) is -2.79. The van der Waals surface area contributed by atoms with E-state index < -0.39 is 46.3 Å². The van der Waals surface area contributed by atoms with Crippen molar-refractivity contribution in [1.82, 2.24) is 0 Å². The van der Waals surface area contributed by atoms with Crippen LogP contribution < -0.4 is 10.2 Å². The number of rotatable bonds is 0. The molecule has 0 aromatic carbocycles. The molecule has 0 heterocycles. The standard InChI is InChI=1S/C3H2O7.Li.2O.U/c4-1(5)9-3(8)10-2(6)7;;;;/h(H,4,5)(H,6,7);;;;/q;;;;+2/p-2. The molecule has 0 bridgehead atoms. The van der Waals surface area contributed by atoms with Crippen molar-refractivity contribution in [2.24, 2.45) is 0 Å². The molecular weight excluding hydrogens is 425 g/mol. The van der Waals surface area contributed by atoms with Crippen LogP contribution in [0.3, 0.4) is 0 Å². The van der Waals surface area contributed by atoms with Crippen molar-refractivity contribution < 1.29 is 66.4 Å². The molecule has 0 aromatic heterocycles. The zero-order chi connectivity index (χ0) is 10.9. The number of hydrogen-bond donors (Lipinski definition) is 0. The van der Waals surface area contributed by atoms with Gasteiger partial charge in [-0.3, -0.25) is 0 Å². The van der Waals surface area contributed by atoms with Crippen LogP contribution in [0.1, 0.15) is 0 Å². The van der Waals surface area contributed by atoms with E-state index in [1.165, 1.54) is 0 Å². The van der Waals surface area contributed by atoms with Gasteiger partial charge in [-0.1, -0.05) is 0 Å². The summed E-state index contributed by atoms with van der Waals surface area (Å²) in [7, 11) is 0. The Morgan fingerprint density at radius 1 is 0.929 bits per heavy atom. The molecule has 1 radical (unpaired) electrons. The molecule has 11 heteroatoms. The van der Waals surface area contributed by atoms with Gasteiger partial charge in [0.1, 0.15) is 0 Å². The van der Waals surface area contributed by atoms with Crippen LogP contribution in [0.15, 0.2) is 0 Å². The van der Waals surface area contributed by atoms with E-state index in [4.69, 9.17) is 4.47 Å². The monoisotopic (exact) mass is 425 g/mol. The Labute approximate surface area is 103 Å². The van der Waals surface area contributed by atoms with E-state index in [9.17, 15) is 24.6 Å². The Hall–Kier alpha value is -0.541. The molecule has 0 aliphatic carbocycles. The van der Waals surface area contributed by atoms with Gasteiger partial charge in [-0.2, -0.15) is 0 Å². The van der Waals surface area contributed by atoms with Crippen LogP contribution in [-0.2, 0) is 13.9 Å². The fourth-order valence-electron chi connectivity index (χ4n) is 0.157. The second-order valence-electron chi connectivity index (χ2n) is 1.04. The summed E-state index contributed by atoms with van der Waals surface area (Å²) in [6, 6.07) is 0. The summed E-state index contributed by atoms with van der Waals surface area (Å²) in [5, 5.41) is 18.7. The van der Waals surface area contributed by atoms with Crippen LogP contribution in [0.5, 0.6) is 0 Å². The Morgan fingerprint density at radius 2 is 1.14 bits per heavy atom. The van der Waals surface area contributed by atoms with Gasteiger partial charge >= 0.3 is 38.4 Å². The zero-order valence-corrected chi connectivity index (χ0v) is 10.8. The summed E-state index contributed by atoms with van der Waals surface area (Å²) >= 11 is -2.51. The molecule has 14 heavy (non-hydrogen) atoms. The molecule has 0 aliphatic heterocycles. The molecule has 71 valence electrons. The Morgan fingerprint density at radius 3 is 1.29 bits per heavy atom. The van der Waals surface area contributed by atoms with Gasteiger partial charge in [-0.15, -0.1) is 0 Å². The van der Waals surface area contributed by atoms with Gasteiger partial charge in [0, 0.05) is 18.9 Å². The first kappa shape index (κ1) is 19.1. The second kappa shape index (κ2) is 12.5. The van der Waals surface area contributed by atoms with Crippen molar-refractivity contribution in [2.75, 3.05) is 0 Å². The number of carbonyl (C=O) groups excluding carboxylic acids is 3. The molecule has 0 saturated carbocycles. The van der Waals surface area contributed by atoms with Crippen LogP contribution in [0, 0.1) is 27.8 Å². The van der Waals surface area contributed by atoms with E-state index in [1.807, 2.05) is 0 Å². The van der Waals surface area contributed by atoms with Crippen molar-refractivity contribution in [2.45, 2.75) is 0 Å². The topological polar surface area (TPSA) is 150 Å². The van der Waals surface area contributed by atoms with Gasteiger partial charge in [-0.05, 0) is 0 Å². The van der Waals surface area contributed by atoms with Gasteiger partial charge < -0.3 is 29.3 Å². The van der Waals surface area contributed by atoms with Crippen LogP contribution in [0.2, 0.25) is 0 Å². The van der Waals surface area contributed by atoms with Crippen LogP contribution >= 0.6 is 0 Å². The molecule has 0 amide bonds. The summed E-state index contributed by atoms with van der Waals surface area (Å²) in [5.74, 6) is 0.